The maximum Gasteiger partial charge on any atom is 0.0291 e. The van der Waals surface area contributed by atoms with Crippen LogP contribution < -0.4 is 5.32 Å². The normalized spacial score (nSPS) is 13.2. The predicted molar refractivity (Wildman–Crippen MR) is 62.4 cm³/mol. The summed E-state index contributed by atoms with van der Waals surface area (Å²) in [6.07, 6.45) is 0. The van der Waals surface area contributed by atoms with Crippen LogP contribution in [-0.4, -0.2) is 6.54 Å². The Hall–Kier alpha value is -0.820. The van der Waals surface area contributed by atoms with E-state index in [4.69, 9.17) is 0 Å². The molecule has 1 nitrogen and oxygen atoms in total. The van der Waals surface area contributed by atoms with E-state index < -0.39 is 0 Å². The molecule has 0 unspecified atom stereocenters. The van der Waals surface area contributed by atoms with Crippen LogP contribution in [0.25, 0.3) is 0 Å². The molecule has 0 saturated heterocycles. The number of aryl methyl sites for hydroxylation is 1. The van der Waals surface area contributed by atoms with Crippen LogP contribution in [0.15, 0.2) is 24.3 Å². The molecule has 0 aliphatic heterocycles. The van der Waals surface area contributed by atoms with Gasteiger partial charge in [-0.3, -0.25) is 0 Å². The molecule has 0 heterocycles. The molecule has 0 aliphatic carbocycles. The highest BCUT2D eigenvalue weighted by molar-refractivity contribution is 5.24. The Kier molecular flexibility index (Phi) is 4.15. The van der Waals surface area contributed by atoms with Crippen molar-refractivity contribution >= 4 is 0 Å². The molecule has 1 rings (SSSR count). The minimum absolute atomic E-state index is 0.456. The fourth-order valence-electron chi connectivity index (χ4n) is 1.47. The largest absolute Gasteiger partial charge is 0.310 e. The van der Waals surface area contributed by atoms with E-state index in [1.807, 2.05) is 0 Å². The molecule has 0 bridgehead atoms. The summed E-state index contributed by atoms with van der Waals surface area (Å²) >= 11 is 0. The highest BCUT2D eigenvalue weighted by Crippen LogP contribution is 2.13. The van der Waals surface area contributed by atoms with Gasteiger partial charge in [0.2, 0.25) is 0 Å². The maximum absolute atomic E-state index is 3.53. The monoisotopic (exact) mass is 191 g/mol. The van der Waals surface area contributed by atoms with Crippen molar-refractivity contribution in [2.24, 2.45) is 5.92 Å². The Labute approximate surface area is 87.5 Å². The molecule has 1 N–H and O–H groups in total. The summed E-state index contributed by atoms with van der Waals surface area (Å²) in [5.74, 6) is 0.710. The van der Waals surface area contributed by atoms with E-state index in [0.717, 1.165) is 6.54 Å². The van der Waals surface area contributed by atoms with Gasteiger partial charge in [0, 0.05) is 6.04 Å². The van der Waals surface area contributed by atoms with E-state index in [1.54, 1.807) is 0 Å². The van der Waals surface area contributed by atoms with E-state index in [9.17, 15) is 0 Å². The third-order valence-corrected chi connectivity index (χ3v) is 2.37. The van der Waals surface area contributed by atoms with Crippen LogP contribution in [0, 0.1) is 12.8 Å². The van der Waals surface area contributed by atoms with Crippen LogP contribution in [0.3, 0.4) is 0 Å². The smallest absolute Gasteiger partial charge is 0.0291 e. The van der Waals surface area contributed by atoms with Gasteiger partial charge in [0.25, 0.3) is 0 Å². The molecule has 1 atom stereocenters. The van der Waals surface area contributed by atoms with Gasteiger partial charge >= 0.3 is 0 Å². The van der Waals surface area contributed by atoms with Crippen molar-refractivity contribution in [3.63, 3.8) is 0 Å². The lowest BCUT2D eigenvalue weighted by Gasteiger charge is -2.16. The summed E-state index contributed by atoms with van der Waals surface area (Å²) in [4.78, 5) is 0. The Morgan fingerprint density at radius 3 is 2.50 bits per heavy atom. The van der Waals surface area contributed by atoms with Crippen LogP contribution in [0.1, 0.15) is 37.9 Å². The lowest BCUT2D eigenvalue weighted by Crippen LogP contribution is -2.23. The highest BCUT2D eigenvalue weighted by atomic mass is 14.9. The van der Waals surface area contributed by atoms with Crippen molar-refractivity contribution in [1.29, 1.82) is 0 Å². The molecule has 1 aromatic rings. The second-order valence-electron chi connectivity index (χ2n) is 4.44. The number of nitrogens with one attached hydrogen (secondary N) is 1. The van der Waals surface area contributed by atoms with Crippen molar-refractivity contribution in [2.75, 3.05) is 6.54 Å². The highest BCUT2D eigenvalue weighted by Gasteiger charge is 2.04. The number of rotatable bonds is 4. The van der Waals surface area contributed by atoms with E-state index in [0.29, 0.717) is 12.0 Å². The van der Waals surface area contributed by atoms with E-state index in [-0.39, 0.29) is 0 Å². The lowest BCUT2D eigenvalue weighted by atomic mass is 10.1. The number of hydrogen-bond donors (Lipinski definition) is 1. The van der Waals surface area contributed by atoms with Crippen LogP contribution in [0.2, 0.25) is 0 Å². The third kappa shape index (κ3) is 3.51. The van der Waals surface area contributed by atoms with Gasteiger partial charge in [-0.15, -0.1) is 0 Å². The van der Waals surface area contributed by atoms with Crippen LogP contribution in [-0.2, 0) is 0 Å². The number of benzene rings is 1. The van der Waals surface area contributed by atoms with E-state index in [2.05, 4.69) is 57.3 Å². The first-order valence-corrected chi connectivity index (χ1v) is 5.39. The van der Waals surface area contributed by atoms with Gasteiger partial charge in [-0.25, -0.2) is 0 Å². The molecular weight excluding hydrogens is 170 g/mol. The second-order valence-corrected chi connectivity index (χ2v) is 4.44. The first-order valence-electron chi connectivity index (χ1n) is 5.39. The van der Waals surface area contributed by atoms with Crippen molar-refractivity contribution in [2.45, 2.75) is 33.7 Å². The standard InChI is InChI=1S/C13H21N/c1-10(2)9-14-12(4)13-7-5-6-11(3)8-13/h5-8,10,12,14H,9H2,1-4H3/t12-/m1/s1. The van der Waals surface area contributed by atoms with Crippen molar-refractivity contribution < 1.29 is 0 Å². The topological polar surface area (TPSA) is 12.0 Å². The third-order valence-electron chi connectivity index (χ3n) is 2.37. The van der Waals surface area contributed by atoms with Crippen LogP contribution >= 0.6 is 0 Å². The van der Waals surface area contributed by atoms with Gasteiger partial charge in [0.05, 0.1) is 0 Å². The first kappa shape index (κ1) is 11.3. The van der Waals surface area contributed by atoms with Crippen molar-refractivity contribution in [3.8, 4) is 0 Å². The van der Waals surface area contributed by atoms with Gasteiger partial charge in [0.15, 0.2) is 0 Å². The molecule has 0 radical (unpaired) electrons. The summed E-state index contributed by atoms with van der Waals surface area (Å²) in [6.45, 7) is 9.90. The summed E-state index contributed by atoms with van der Waals surface area (Å²) in [7, 11) is 0. The zero-order valence-corrected chi connectivity index (χ0v) is 9.67. The predicted octanol–water partition coefficient (Wildman–Crippen LogP) is 3.30. The average molecular weight is 191 g/mol. The minimum atomic E-state index is 0.456. The zero-order valence-electron chi connectivity index (χ0n) is 9.67. The SMILES string of the molecule is Cc1cccc([C@@H](C)NCC(C)C)c1. The molecular formula is C13H21N. The summed E-state index contributed by atoms with van der Waals surface area (Å²) < 4.78 is 0. The lowest BCUT2D eigenvalue weighted by molar-refractivity contribution is 0.496. The van der Waals surface area contributed by atoms with Gasteiger partial charge in [-0.2, -0.15) is 0 Å². The molecule has 1 aromatic carbocycles. The maximum atomic E-state index is 3.53. The van der Waals surface area contributed by atoms with Crippen LogP contribution in [0.5, 0.6) is 0 Å². The minimum Gasteiger partial charge on any atom is -0.310 e. The molecule has 0 aliphatic rings. The van der Waals surface area contributed by atoms with Gasteiger partial charge < -0.3 is 5.32 Å². The van der Waals surface area contributed by atoms with E-state index >= 15 is 0 Å². The molecule has 78 valence electrons. The molecule has 0 spiro atoms. The second kappa shape index (κ2) is 5.16. The fourth-order valence-corrected chi connectivity index (χ4v) is 1.47. The molecule has 14 heavy (non-hydrogen) atoms. The van der Waals surface area contributed by atoms with Gasteiger partial charge in [-0.05, 0) is 31.9 Å². The average Bonchev–Trinajstić information content (AvgIpc) is 2.14. The van der Waals surface area contributed by atoms with Crippen LogP contribution in [0.4, 0.5) is 0 Å². The van der Waals surface area contributed by atoms with E-state index in [1.165, 1.54) is 11.1 Å². The number of hydrogen-bond acceptors (Lipinski definition) is 1. The van der Waals surface area contributed by atoms with Crippen molar-refractivity contribution in [3.05, 3.63) is 35.4 Å². The Balaban J connectivity index is 2.56. The van der Waals surface area contributed by atoms with Crippen molar-refractivity contribution in [1.82, 2.24) is 5.32 Å². The van der Waals surface area contributed by atoms with Gasteiger partial charge in [0.1, 0.15) is 0 Å². The molecule has 1 heteroatoms. The molecule has 0 aromatic heterocycles. The zero-order chi connectivity index (χ0) is 10.6. The first-order chi connectivity index (χ1) is 6.59. The quantitative estimate of drug-likeness (QED) is 0.770. The fraction of sp³-hybridized carbons (Fsp3) is 0.538. The summed E-state index contributed by atoms with van der Waals surface area (Å²) in [5.41, 5.74) is 2.71. The Morgan fingerprint density at radius 1 is 1.21 bits per heavy atom. The molecule has 0 amide bonds. The van der Waals surface area contributed by atoms with Gasteiger partial charge in [-0.1, -0.05) is 43.7 Å². The Morgan fingerprint density at radius 2 is 1.93 bits per heavy atom. The summed E-state index contributed by atoms with van der Waals surface area (Å²) in [5, 5.41) is 3.53. The molecule has 0 fully saturated rings. The Bertz CT molecular complexity index is 278. The summed E-state index contributed by atoms with van der Waals surface area (Å²) in [6, 6.07) is 9.15. The molecule has 0 saturated carbocycles.